The van der Waals surface area contributed by atoms with Crippen LogP contribution in [0.5, 0.6) is 0 Å². The minimum absolute atomic E-state index is 0.128. The van der Waals surface area contributed by atoms with Gasteiger partial charge >= 0.3 is 12.1 Å². The van der Waals surface area contributed by atoms with Crippen LogP contribution < -0.4 is 0 Å². The summed E-state index contributed by atoms with van der Waals surface area (Å²) in [7, 11) is 0. The van der Waals surface area contributed by atoms with E-state index in [2.05, 4.69) is 9.97 Å². The molecule has 0 saturated carbocycles. The smallest absolute Gasteiger partial charge is 0.258 e. The van der Waals surface area contributed by atoms with Crippen molar-refractivity contribution in [1.29, 1.82) is 0 Å². The van der Waals surface area contributed by atoms with Crippen LogP contribution in [0.25, 0.3) is 0 Å². The van der Waals surface area contributed by atoms with Gasteiger partial charge in [0.1, 0.15) is 0 Å². The molecule has 0 aromatic carbocycles. The molecule has 0 unspecified atom stereocenters. The van der Waals surface area contributed by atoms with Crippen LogP contribution in [-0.2, 0) is 6.42 Å². The first-order valence-corrected chi connectivity index (χ1v) is 5.39. The fourth-order valence-corrected chi connectivity index (χ4v) is 1.22. The van der Waals surface area contributed by atoms with Crippen molar-refractivity contribution in [2.45, 2.75) is 44.7 Å². The molecule has 1 heterocycles. The quantitative estimate of drug-likeness (QED) is 0.777. The second-order valence-electron chi connectivity index (χ2n) is 4.29. The monoisotopic (exact) mass is 268 g/mol. The molecule has 1 aromatic rings. The first-order chi connectivity index (χ1) is 8.13. The molecule has 0 radical (unpaired) electrons. The van der Waals surface area contributed by atoms with E-state index in [9.17, 15) is 22.0 Å². The minimum atomic E-state index is -5.52. The predicted molar refractivity (Wildman–Crippen MR) is 55.4 cm³/mol. The molecule has 7 heteroatoms. The second kappa shape index (κ2) is 5.16. The van der Waals surface area contributed by atoms with Crippen LogP contribution in [0.15, 0.2) is 12.4 Å². The topological polar surface area (TPSA) is 25.8 Å². The molecule has 0 fully saturated rings. The Morgan fingerprint density at radius 3 is 2.06 bits per heavy atom. The predicted octanol–water partition coefficient (Wildman–Crippen LogP) is 3.73. The lowest BCUT2D eigenvalue weighted by Crippen LogP contribution is -2.36. The maximum atomic E-state index is 12.7. The van der Waals surface area contributed by atoms with Gasteiger partial charge in [-0.2, -0.15) is 22.0 Å². The molecule has 0 atom stereocenters. The molecule has 0 N–H and O–H groups in total. The van der Waals surface area contributed by atoms with Crippen LogP contribution in [0, 0.1) is 0 Å². The van der Waals surface area contributed by atoms with Gasteiger partial charge in [0, 0.05) is 18.8 Å². The lowest BCUT2D eigenvalue weighted by Gasteiger charge is -2.19. The zero-order valence-corrected chi connectivity index (χ0v) is 9.93. The van der Waals surface area contributed by atoms with Crippen molar-refractivity contribution in [3.05, 3.63) is 23.8 Å². The van der Waals surface area contributed by atoms with Gasteiger partial charge in [-0.1, -0.05) is 13.8 Å². The van der Waals surface area contributed by atoms with Crippen molar-refractivity contribution in [2.24, 2.45) is 0 Å². The van der Waals surface area contributed by atoms with Gasteiger partial charge in [0.15, 0.2) is 0 Å². The molecular weight excluding hydrogens is 255 g/mol. The largest absolute Gasteiger partial charge is 0.453 e. The highest BCUT2D eigenvalue weighted by molar-refractivity contribution is 5.06. The number of nitrogens with zero attached hydrogens (tertiary/aromatic N) is 2. The van der Waals surface area contributed by atoms with Crippen LogP contribution in [0.3, 0.4) is 0 Å². The number of aryl methyl sites for hydroxylation is 1. The summed E-state index contributed by atoms with van der Waals surface area (Å²) in [5, 5.41) is 0. The van der Waals surface area contributed by atoms with E-state index in [0.717, 1.165) is 0 Å². The molecule has 1 aromatic heterocycles. The summed E-state index contributed by atoms with van der Waals surface area (Å²) < 4.78 is 61.1. The molecule has 0 spiro atoms. The highest BCUT2D eigenvalue weighted by atomic mass is 19.4. The first kappa shape index (κ1) is 14.8. The van der Waals surface area contributed by atoms with Gasteiger partial charge in [0.2, 0.25) is 0 Å². The Kier molecular flexibility index (Phi) is 4.24. The molecule has 0 aliphatic carbocycles. The maximum Gasteiger partial charge on any atom is 0.453 e. The van der Waals surface area contributed by atoms with Crippen molar-refractivity contribution in [3.8, 4) is 0 Å². The Bertz CT molecular complexity index is 383. The lowest BCUT2D eigenvalue weighted by molar-refractivity contribution is -0.284. The van der Waals surface area contributed by atoms with Crippen LogP contribution in [-0.4, -0.2) is 22.1 Å². The Morgan fingerprint density at radius 1 is 1.06 bits per heavy atom. The van der Waals surface area contributed by atoms with Gasteiger partial charge in [-0.05, 0) is 12.3 Å². The molecule has 0 amide bonds. The zero-order chi connectivity index (χ0) is 14.0. The Balaban J connectivity index is 2.64. The van der Waals surface area contributed by atoms with E-state index in [-0.39, 0.29) is 11.6 Å². The maximum absolute atomic E-state index is 12.7. The number of hydrogen-bond acceptors (Lipinski definition) is 2. The van der Waals surface area contributed by atoms with Gasteiger partial charge < -0.3 is 0 Å². The van der Waals surface area contributed by atoms with Crippen LogP contribution in [0.2, 0.25) is 0 Å². The highest BCUT2D eigenvalue weighted by Gasteiger charge is 2.56. The van der Waals surface area contributed by atoms with Gasteiger partial charge in [-0.3, -0.25) is 9.97 Å². The molecule has 0 aliphatic rings. The van der Waals surface area contributed by atoms with Crippen LogP contribution in [0.4, 0.5) is 22.0 Å². The van der Waals surface area contributed by atoms with E-state index in [0.29, 0.717) is 5.69 Å². The summed E-state index contributed by atoms with van der Waals surface area (Å²) in [5.41, 5.74) is 0.796. The average Bonchev–Trinajstić information content (AvgIpc) is 2.25. The molecule has 0 bridgehead atoms. The number of alkyl halides is 5. The third kappa shape index (κ3) is 3.61. The lowest BCUT2D eigenvalue weighted by atomic mass is 10.1. The Morgan fingerprint density at radius 2 is 1.67 bits per heavy atom. The van der Waals surface area contributed by atoms with E-state index in [1.165, 1.54) is 12.4 Å². The summed E-state index contributed by atoms with van der Waals surface area (Å²) in [4.78, 5) is 7.77. The summed E-state index contributed by atoms with van der Waals surface area (Å²) in [6.45, 7) is 3.75. The number of aromatic nitrogens is 2. The van der Waals surface area contributed by atoms with Gasteiger partial charge in [0.25, 0.3) is 0 Å². The fourth-order valence-electron chi connectivity index (χ4n) is 1.22. The van der Waals surface area contributed by atoms with E-state index in [1.807, 2.05) is 13.8 Å². The van der Waals surface area contributed by atoms with E-state index in [1.54, 1.807) is 0 Å². The number of halogens is 5. The fraction of sp³-hybridized carbons (Fsp3) is 0.636. The van der Waals surface area contributed by atoms with Gasteiger partial charge in [-0.25, -0.2) is 0 Å². The molecule has 1 rings (SSSR count). The van der Waals surface area contributed by atoms with Crippen molar-refractivity contribution in [2.75, 3.05) is 0 Å². The van der Waals surface area contributed by atoms with Crippen molar-refractivity contribution in [3.63, 3.8) is 0 Å². The molecular formula is C11H13F5N2. The minimum Gasteiger partial charge on any atom is -0.258 e. The molecule has 0 saturated heterocycles. The third-order valence-electron chi connectivity index (χ3n) is 2.43. The van der Waals surface area contributed by atoms with E-state index in [4.69, 9.17) is 0 Å². The summed E-state index contributed by atoms with van der Waals surface area (Å²) in [6.07, 6.45) is -4.66. The van der Waals surface area contributed by atoms with Crippen LogP contribution >= 0.6 is 0 Å². The summed E-state index contributed by atoms with van der Waals surface area (Å²) in [6, 6.07) is 0. The Hall–Kier alpha value is -1.27. The van der Waals surface area contributed by atoms with Crippen molar-refractivity contribution in [1.82, 2.24) is 9.97 Å². The SMILES string of the molecule is CC(C)c1cnc(CCC(F)(F)C(F)(F)F)cn1. The number of rotatable bonds is 4. The molecule has 18 heavy (non-hydrogen) atoms. The zero-order valence-electron chi connectivity index (χ0n) is 9.93. The second-order valence-corrected chi connectivity index (χ2v) is 4.29. The highest BCUT2D eigenvalue weighted by Crippen LogP contribution is 2.38. The van der Waals surface area contributed by atoms with E-state index >= 15 is 0 Å². The first-order valence-electron chi connectivity index (χ1n) is 5.39. The summed E-state index contributed by atoms with van der Waals surface area (Å²) in [5.74, 6) is -4.56. The van der Waals surface area contributed by atoms with Crippen molar-refractivity contribution < 1.29 is 22.0 Å². The molecule has 0 aliphatic heterocycles. The van der Waals surface area contributed by atoms with Gasteiger partial charge in [-0.15, -0.1) is 0 Å². The average molecular weight is 268 g/mol. The standard InChI is InChI=1S/C11H13F5N2/c1-7(2)9-6-17-8(5-18-9)3-4-10(12,13)11(14,15)16/h5-7H,3-4H2,1-2H3. The van der Waals surface area contributed by atoms with E-state index < -0.39 is 24.9 Å². The van der Waals surface area contributed by atoms with Gasteiger partial charge in [0.05, 0.1) is 11.4 Å². The Labute approximate surface area is 101 Å². The molecule has 102 valence electrons. The van der Waals surface area contributed by atoms with Crippen molar-refractivity contribution >= 4 is 0 Å². The normalized spacial score (nSPS) is 13.1. The number of hydrogen-bond donors (Lipinski definition) is 0. The molecule has 2 nitrogen and oxygen atoms in total. The summed E-state index contributed by atoms with van der Waals surface area (Å²) >= 11 is 0. The third-order valence-corrected chi connectivity index (χ3v) is 2.43. The van der Waals surface area contributed by atoms with Crippen LogP contribution in [0.1, 0.15) is 37.6 Å².